The second-order valence-corrected chi connectivity index (χ2v) is 4.85. The molecule has 0 saturated carbocycles. The third kappa shape index (κ3) is 2.22. The molecule has 18 heavy (non-hydrogen) atoms. The molecule has 0 aliphatic heterocycles. The summed E-state index contributed by atoms with van der Waals surface area (Å²) in [6.45, 7) is 0.751. The van der Waals surface area contributed by atoms with Crippen LogP contribution in [0.4, 0.5) is 5.69 Å². The van der Waals surface area contributed by atoms with Crippen molar-refractivity contribution in [2.24, 2.45) is 0 Å². The largest absolute Gasteiger partial charge is 0.378 e. The number of hydrogen-bond acceptors (Lipinski definition) is 3. The highest BCUT2D eigenvalue weighted by molar-refractivity contribution is 9.10. The van der Waals surface area contributed by atoms with Gasteiger partial charge in [0.2, 0.25) is 0 Å². The second-order valence-electron chi connectivity index (χ2n) is 3.94. The first-order valence-electron chi connectivity index (χ1n) is 5.58. The van der Waals surface area contributed by atoms with E-state index in [1.165, 1.54) is 5.56 Å². The van der Waals surface area contributed by atoms with Crippen LogP contribution in [0.1, 0.15) is 5.56 Å². The van der Waals surface area contributed by atoms with Crippen molar-refractivity contribution >= 4 is 27.3 Å². The van der Waals surface area contributed by atoms with Gasteiger partial charge in [0.15, 0.2) is 5.65 Å². The van der Waals surface area contributed by atoms with Gasteiger partial charge in [0, 0.05) is 42.0 Å². The minimum absolute atomic E-state index is 0.751. The molecule has 3 rings (SSSR count). The van der Waals surface area contributed by atoms with Gasteiger partial charge >= 0.3 is 0 Å². The van der Waals surface area contributed by atoms with Gasteiger partial charge in [-0.2, -0.15) is 0 Å². The lowest BCUT2D eigenvalue weighted by atomic mass is 10.2. The molecule has 0 radical (unpaired) electrons. The zero-order valence-electron chi connectivity index (χ0n) is 9.55. The van der Waals surface area contributed by atoms with Gasteiger partial charge in [-0.25, -0.2) is 4.98 Å². The summed E-state index contributed by atoms with van der Waals surface area (Å²) in [7, 11) is 0. The molecule has 5 heteroatoms. The molecular weight excluding hydrogens is 292 g/mol. The average molecular weight is 303 g/mol. The fraction of sp³-hybridized carbons (Fsp3) is 0.0769. The molecule has 3 aromatic heterocycles. The quantitative estimate of drug-likeness (QED) is 0.808. The molecule has 0 bridgehead atoms. The highest BCUT2D eigenvalue weighted by Crippen LogP contribution is 2.21. The summed E-state index contributed by atoms with van der Waals surface area (Å²) < 4.78 is 3.00. The summed E-state index contributed by atoms with van der Waals surface area (Å²) in [5, 5.41) is 3.39. The van der Waals surface area contributed by atoms with E-state index in [1.54, 1.807) is 18.6 Å². The van der Waals surface area contributed by atoms with Crippen LogP contribution in [0.5, 0.6) is 0 Å². The summed E-state index contributed by atoms with van der Waals surface area (Å²) in [4.78, 5) is 8.34. The molecule has 1 N–H and O–H groups in total. The van der Waals surface area contributed by atoms with Gasteiger partial charge in [-0.15, -0.1) is 0 Å². The number of fused-ring (bicyclic) bond motifs is 1. The molecule has 4 nitrogen and oxygen atoms in total. The van der Waals surface area contributed by atoms with E-state index in [0.717, 1.165) is 22.4 Å². The Kier molecular flexibility index (Phi) is 2.98. The van der Waals surface area contributed by atoms with Gasteiger partial charge in [0.1, 0.15) is 0 Å². The van der Waals surface area contributed by atoms with Gasteiger partial charge in [-0.3, -0.25) is 4.98 Å². The summed E-state index contributed by atoms with van der Waals surface area (Å²) >= 11 is 3.50. The van der Waals surface area contributed by atoms with Gasteiger partial charge in [0.05, 0.1) is 5.69 Å². The number of halogens is 1. The highest BCUT2D eigenvalue weighted by Gasteiger charge is 2.04. The van der Waals surface area contributed by atoms with Crippen LogP contribution in [0, 0.1) is 0 Å². The van der Waals surface area contributed by atoms with E-state index in [-0.39, 0.29) is 0 Å². The maximum absolute atomic E-state index is 4.34. The van der Waals surface area contributed by atoms with Crippen LogP contribution < -0.4 is 5.32 Å². The van der Waals surface area contributed by atoms with Crippen molar-refractivity contribution in [3.8, 4) is 0 Å². The summed E-state index contributed by atoms with van der Waals surface area (Å²) in [5.41, 5.74) is 3.12. The number of imidazole rings is 1. The van der Waals surface area contributed by atoms with E-state index >= 15 is 0 Å². The molecule has 0 unspecified atom stereocenters. The molecular formula is C13H11BrN4. The maximum atomic E-state index is 4.34. The Bertz CT molecular complexity index is 663. The van der Waals surface area contributed by atoms with Crippen LogP contribution >= 0.6 is 15.9 Å². The minimum atomic E-state index is 0.751. The number of pyridine rings is 2. The second kappa shape index (κ2) is 4.78. The van der Waals surface area contributed by atoms with Gasteiger partial charge in [0.25, 0.3) is 0 Å². The Labute approximate surface area is 113 Å². The Morgan fingerprint density at radius 2 is 2.06 bits per heavy atom. The normalized spacial score (nSPS) is 10.7. The van der Waals surface area contributed by atoms with Crippen molar-refractivity contribution in [3.63, 3.8) is 0 Å². The van der Waals surface area contributed by atoms with E-state index < -0.39 is 0 Å². The van der Waals surface area contributed by atoms with Gasteiger partial charge in [-0.1, -0.05) is 0 Å². The van der Waals surface area contributed by atoms with Crippen molar-refractivity contribution < 1.29 is 0 Å². The highest BCUT2D eigenvalue weighted by atomic mass is 79.9. The van der Waals surface area contributed by atoms with Crippen LogP contribution in [0.15, 0.2) is 53.7 Å². The summed E-state index contributed by atoms with van der Waals surface area (Å²) in [6, 6.07) is 6.02. The van der Waals surface area contributed by atoms with Crippen molar-refractivity contribution in [1.82, 2.24) is 14.4 Å². The maximum Gasteiger partial charge on any atom is 0.160 e. The molecule has 90 valence electrons. The molecule has 0 aliphatic rings. The molecule has 0 saturated heterocycles. The third-order valence-corrected chi connectivity index (χ3v) is 3.12. The third-order valence-electron chi connectivity index (χ3n) is 2.69. The SMILES string of the molecule is Brc1cc(NCc2ccncc2)c2nccn2c1. The summed E-state index contributed by atoms with van der Waals surface area (Å²) in [5.74, 6) is 0. The first-order chi connectivity index (χ1) is 8.83. The van der Waals surface area contributed by atoms with Crippen LogP contribution in [0.25, 0.3) is 5.65 Å². The smallest absolute Gasteiger partial charge is 0.160 e. The number of hydrogen-bond donors (Lipinski definition) is 1. The van der Waals surface area contributed by atoms with Gasteiger partial charge < -0.3 is 9.72 Å². The Morgan fingerprint density at radius 1 is 1.22 bits per heavy atom. The Morgan fingerprint density at radius 3 is 2.89 bits per heavy atom. The number of aromatic nitrogens is 3. The van der Waals surface area contributed by atoms with Crippen LogP contribution in [0.3, 0.4) is 0 Å². The zero-order valence-corrected chi connectivity index (χ0v) is 11.1. The van der Waals surface area contributed by atoms with Crippen molar-refractivity contribution in [2.45, 2.75) is 6.54 Å². The van der Waals surface area contributed by atoms with Crippen LogP contribution in [-0.4, -0.2) is 14.4 Å². The standard InChI is InChI=1S/C13H11BrN4/c14-11-7-12(13-16-5-6-18(13)9-11)17-8-10-1-3-15-4-2-10/h1-7,9,17H,8H2. The van der Waals surface area contributed by atoms with E-state index in [4.69, 9.17) is 0 Å². The van der Waals surface area contributed by atoms with Crippen molar-refractivity contribution in [3.05, 3.63) is 59.2 Å². The molecule has 0 fully saturated rings. The van der Waals surface area contributed by atoms with Crippen molar-refractivity contribution in [2.75, 3.05) is 5.32 Å². The number of nitrogens with one attached hydrogen (secondary N) is 1. The van der Waals surface area contributed by atoms with Crippen LogP contribution in [-0.2, 0) is 6.54 Å². The molecule has 3 heterocycles. The first kappa shape index (κ1) is 11.2. The number of rotatable bonds is 3. The molecule has 0 aliphatic carbocycles. The first-order valence-corrected chi connectivity index (χ1v) is 6.37. The minimum Gasteiger partial charge on any atom is -0.378 e. The molecule has 0 aromatic carbocycles. The van der Waals surface area contributed by atoms with Crippen LogP contribution in [0.2, 0.25) is 0 Å². The number of anilines is 1. The average Bonchev–Trinajstić information content (AvgIpc) is 2.85. The monoisotopic (exact) mass is 302 g/mol. The summed E-state index contributed by atoms with van der Waals surface area (Å²) in [6.07, 6.45) is 9.29. The Balaban J connectivity index is 1.88. The predicted molar refractivity (Wildman–Crippen MR) is 74.5 cm³/mol. The predicted octanol–water partition coefficient (Wildman–Crippen LogP) is 3.10. The Hall–Kier alpha value is -1.88. The van der Waals surface area contributed by atoms with E-state index in [0.29, 0.717) is 0 Å². The molecule has 3 aromatic rings. The topological polar surface area (TPSA) is 42.2 Å². The lowest BCUT2D eigenvalue weighted by Crippen LogP contribution is -2.01. The molecule has 0 atom stereocenters. The molecule has 0 spiro atoms. The van der Waals surface area contributed by atoms with E-state index in [1.807, 2.05) is 35.0 Å². The fourth-order valence-electron chi connectivity index (χ4n) is 1.83. The van der Waals surface area contributed by atoms with Gasteiger partial charge in [-0.05, 0) is 39.7 Å². The van der Waals surface area contributed by atoms with Crippen molar-refractivity contribution in [1.29, 1.82) is 0 Å². The lowest BCUT2D eigenvalue weighted by Gasteiger charge is -2.08. The number of nitrogens with zero attached hydrogens (tertiary/aromatic N) is 3. The molecule has 0 amide bonds. The lowest BCUT2D eigenvalue weighted by molar-refractivity contribution is 1.11. The fourth-order valence-corrected chi connectivity index (χ4v) is 2.28. The van der Waals surface area contributed by atoms with E-state index in [9.17, 15) is 0 Å². The van der Waals surface area contributed by atoms with E-state index in [2.05, 4.69) is 31.2 Å². The zero-order chi connectivity index (χ0) is 12.4.